The first-order valence-corrected chi connectivity index (χ1v) is 21.4. The zero-order valence-electron chi connectivity index (χ0n) is 30.1. The summed E-state index contributed by atoms with van der Waals surface area (Å²) in [6.45, 7) is 7.66. The van der Waals surface area contributed by atoms with Gasteiger partial charge in [-0.25, -0.2) is 18.4 Å². The third-order valence-electron chi connectivity index (χ3n) is 10.4. The van der Waals surface area contributed by atoms with Gasteiger partial charge in [0.05, 0.1) is 30.3 Å². The molecular formula is C38H51N7O4SSi. The molecule has 4 aromatic rings. The van der Waals surface area contributed by atoms with E-state index in [9.17, 15) is 8.42 Å². The number of nitrogens with two attached hydrogens (primary N) is 2. The van der Waals surface area contributed by atoms with Gasteiger partial charge < -0.3 is 25.9 Å². The number of pyridine rings is 1. The smallest absolute Gasteiger partial charge is 0.261 e. The van der Waals surface area contributed by atoms with E-state index >= 15 is 0 Å². The van der Waals surface area contributed by atoms with Crippen molar-refractivity contribution < 1.29 is 17.6 Å². The summed E-state index contributed by atoms with van der Waals surface area (Å²) in [5.41, 5.74) is 14.3. The molecule has 1 atom stereocenters. The highest BCUT2D eigenvalue weighted by atomic mass is 32.2. The topological polar surface area (TPSA) is 159 Å². The maximum Gasteiger partial charge on any atom is 0.261 e. The lowest BCUT2D eigenvalue weighted by atomic mass is 9.81. The fourth-order valence-corrected chi connectivity index (χ4v) is 14.5. The molecule has 6 rings (SSSR count). The Kier molecular flexibility index (Phi) is 11.0. The van der Waals surface area contributed by atoms with Crippen LogP contribution in [0, 0.1) is 5.92 Å². The van der Waals surface area contributed by atoms with E-state index in [-0.39, 0.29) is 34.5 Å². The van der Waals surface area contributed by atoms with Crippen LogP contribution in [0.2, 0.25) is 5.04 Å². The quantitative estimate of drug-likeness (QED) is 0.170. The zero-order chi connectivity index (χ0) is 36.2. The normalized spacial score (nSPS) is 20.5. The number of nitrogen functional groups attached to an aromatic ring is 2. The minimum absolute atomic E-state index is 0.0434. The van der Waals surface area contributed by atoms with E-state index in [2.05, 4.69) is 84.6 Å². The predicted octanol–water partition coefficient (Wildman–Crippen LogP) is 5.43. The molecule has 0 amide bonds. The molecule has 11 nitrogen and oxygen atoms in total. The molecule has 1 aliphatic heterocycles. The molecule has 0 radical (unpaired) electrons. The fraction of sp³-hybridized carbons (Fsp3) is 0.447. The largest absolute Gasteiger partial charge is 0.480 e. The van der Waals surface area contributed by atoms with Crippen LogP contribution in [-0.4, -0.2) is 68.0 Å². The minimum Gasteiger partial charge on any atom is -0.480 e. The van der Waals surface area contributed by atoms with E-state index in [1.54, 1.807) is 23.7 Å². The maximum absolute atomic E-state index is 14.0. The monoisotopic (exact) mass is 729 g/mol. The zero-order valence-corrected chi connectivity index (χ0v) is 31.9. The van der Waals surface area contributed by atoms with Gasteiger partial charge >= 0.3 is 0 Å². The Morgan fingerprint density at radius 3 is 2.16 bits per heavy atom. The van der Waals surface area contributed by atoms with Gasteiger partial charge in [0.2, 0.25) is 21.9 Å². The van der Waals surface area contributed by atoms with E-state index in [1.807, 2.05) is 18.2 Å². The van der Waals surface area contributed by atoms with Crippen LogP contribution in [0.1, 0.15) is 70.9 Å². The summed E-state index contributed by atoms with van der Waals surface area (Å²) in [5.74, 6) is 1.14. The van der Waals surface area contributed by atoms with Gasteiger partial charge in [-0.05, 0) is 72.0 Å². The number of anilines is 4. The molecule has 1 unspecified atom stereocenters. The Hall–Kier alpha value is -4.04. The summed E-state index contributed by atoms with van der Waals surface area (Å²) < 4.78 is 42.4. The highest BCUT2D eigenvalue weighted by molar-refractivity contribution is 7.89. The van der Waals surface area contributed by atoms with Crippen molar-refractivity contribution in [3.8, 4) is 5.88 Å². The van der Waals surface area contributed by atoms with Crippen molar-refractivity contribution in [1.29, 1.82) is 0 Å². The van der Waals surface area contributed by atoms with Gasteiger partial charge in [0, 0.05) is 25.2 Å². The average Bonchev–Trinajstić information content (AvgIpc) is 3.13. The number of hydrogen-bond acceptors (Lipinski definition) is 10. The molecule has 3 heterocycles. The van der Waals surface area contributed by atoms with Crippen molar-refractivity contribution in [2.45, 2.75) is 76.4 Å². The predicted molar refractivity (Wildman–Crippen MR) is 207 cm³/mol. The van der Waals surface area contributed by atoms with Crippen molar-refractivity contribution >= 4 is 51.9 Å². The summed E-state index contributed by atoms with van der Waals surface area (Å²) >= 11 is 0. The summed E-state index contributed by atoms with van der Waals surface area (Å²) in [7, 11) is -4.78. The number of aromatic nitrogens is 3. The molecule has 2 fully saturated rings. The Balaban J connectivity index is 1.13. The Labute approximate surface area is 303 Å². The van der Waals surface area contributed by atoms with Crippen LogP contribution in [-0.2, 0) is 14.4 Å². The van der Waals surface area contributed by atoms with Crippen LogP contribution in [0.4, 0.5) is 23.1 Å². The van der Waals surface area contributed by atoms with Crippen LogP contribution < -0.4 is 31.9 Å². The molecule has 0 bridgehead atoms. The van der Waals surface area contributed by atoms with Gasteiger partial charge in [-0.15, -0.1) is 0 Å². The average molecular weight is 730 g/mol. The molecule has 13 heteroatoms. The molecule has 0 spiro atoms. The second-order valence-corrected chi connectivity index (χ2v) is 21.1. The number of rotatable bonds is 11. The van der Waals surface area contributed by atoms with Crippen LogP contribution in [0.25, 0.3) is 0 Å². The van der Waals surface area contributed by atoms with E-state index in [4.69, 9.17) is 25.6 Å². The molecule has 272 valence electrons. The van der Waals surface area contributed by atoms with Crippen molar-refractivity contribution in [3.05, 3.63) is 84.7 Å². The van der Waals surface area contributed by atoms with Gasteiger partial charge in [-0.1, -0.05) is 81.4 Å². The molecule has 5 N–H and O–H groups in total. The van der Waals surface area contributed by atoms with Crippen molar-refractivity contribution in [1.82, 2.24) is 19.3 Å². The maximum atomic E-state index is 14.0. The number of methoxy groups -OCH3 is 1. The van der Waals surface area contributed by atoms with E-state index in [0.29, 0.717) is 42.0 Å². The molecule has 1 aliphatic carbocycles. The molecule has 51 heavy (non-hydrogen) atoms. The summed E-state index contributed by atoms with van der Waals surface area (Å²) in [6.07, 6.45) is 6.06. The number of nitrogens with one attached hydrogen (secondary N) is 1. The third-order valence-corrected chi connectivity index (χ3v) is 17.5. The standard InChI is InChI=1S/C38H51N7O4SSi/c1-38(2,3)51(30-14-7-5-8-15-30,31-16-9-6-10-17-31)49-29-13-12-24-45(25-29)50(46,47)26-27-19-21-28(22-20-27)34-33(39)35(40)44-37(43-34)42-32-18-11-23-41-36(32)48-4/h5-11,14-18,23,27-29H,12-13,19-22,24-26,39H2,1-4H3,(H3,40,42,43,44)/t27-,28-,29?. The van der Waals surface area contributed by atoms with Crippen molar-refractivity contribution in [2.75, 3.05) is 42.7 Å². The number of ether oxygens (including phenoxy) is 1. The van der Waals surface area contributed by atoms with Gasteiger partial charge in [-0.2, -0.15) is 9.29 Å². The van der Waals surface area contributed by atoms with Crippen LogP contribution in [0.15, 0.2) is 79.0 Å². The first-order valence-electron chi connectivity index (χ1n) is 17.9. The number of nitrogens with zero attached hydrogens (tertiary/aromatic N) is 4. The Bertz CT molecular complexity index is 1850. The number of sulfonamides is 1. The van der Waals surface area contributed by atoms with E-state index in [0.717, 1.165) is 38.5 Å². The van der Waals surface area contributed by atoms with Gasteiger partial charge in [-0.3, -0.25) is 0 Å². The highest BCUT2D eigenvalue weighted by Gasteiger charge is 2.52. The SMILES string of the molecule is COc1ncccc1Nc1nc(N)c(N)c([C@H]2CC[C@H](CS(=O)(=O)N3CCCC(O[Si](c4ccccc4)(c4ccccc4)C(C)(C)C)C3)CC2)n1. The first-order chi connectivity index (χ1) is 24.4. The van der Waals surface area contributed by atoms with Gasteiger partial charge in [0.1, 0.15) is 5.69 Å². The number of piperidine rings is 1. The lowest BCUT2D eigenvalue weighted by Crippen LogP contribution is -2.68. The Morgan fingerprint density at radius 2 is 1.55 bits per heavy atom. The van der Waals surface area contributed by atoms with Crippen LogP contribution >= 0.6 is 0 Å². The number of hydrogen-bond donors (Lipinski definition) is 3. The second kappa shape index (κ2) is 15.3. The third kappa shape index (κ3) is 7.91. The lowest BCUT2D eigenvalue weighted by molar-refractivity contribution is 0.119. The van der Waals surface area contributed by atoms with Crippen LogP contribution in [0.5, 0.6) is 5.88 Å². The lowest BCUT2D eigenvalue weighted by Gasteiger charge is -2.46. The molecule has 2 aliphatic rings. The molecule has 2 aromatic heterocycles. The van der Waals surface area contributed by atoms with Crippen LogP contribution in [0.3, 0.4) is 0 Å². The summed E-state index contributed by atoms with van der Waals surface area (Å²) in [6, 6.07) is 24.7. The Morgan fingerprint density at radius 1 is 0.902 bits per heavy atom. The van der Waals surface area contributed by atoms with Gasteiger partial charge in [0.25, 0.3) is 8.32 Å². The molecule has 1 saturated heterocycles. The van der Waals surface area contributed by atoms with Crippen molar-refractivity contribution in [2.24, 2.45) is 5.92 Å². The van der Waals surface area contributed by atoms with E-state index < -0.39 is 18.3 Å². The molecular weight excluding hydrogens is 679 g/mol. The summed E-state index contributed by atoms with van der Waals surface area (Å²) in [5, 5.41) is 5.37. The van der Waals surface area contributed by atoms with Gasteiger partial charge in [0.15, 0.2) is 5.82 Å². The second-order valence-electron chi connectivity index (χ2n) is 14.8. The molecule has 1 saturated carbocycles. The first kappa shape index (κ1) is 36.7. The molecule has 2 aromatic carbocycles. The van der Waals surface area contributed by atoms with Crippen molar-refractivity contribution in [3.63, 3.8) is 0 Å². The number of benzene rings is 2. The van der Waals surface area contributed by atoms with E-state index in [1.165, 1.54) is 10.4 Å². The fourth-order valence-electron chi connectivity index (χ4n) is 7.84. The highest BCUT2D eigenvalue weighted by Crippen LogP contribution is 2.41. The minimum atomic E-state index is -3.51. The summed E-state index contributed by atoms with van der Waals surface area (Å²) in [4.78, 5) is 13.3.